The van der Waals surface area contributed by atoms with Crippen molar-refractivity contribution in [3.8, 4) is 0 Å². The van der Waals surface area contributed by atoms with Crippen molar-refractivity contribution >= 4 is 26.7 Å². The molecule has 0 rings (SSSR count). The molecule has 0 aromatic rings. The second kappa shape index (κ2) is 10.2. The Labute approximate surface area is 97.8 Å². The van der Waals surface area contributed by atoms with Crippen LogP contribution in [0.5, 0.6) is 0 Å². The van der Waals surface area contributed by atoms with Crippen LogP contribution in [0, 0.1) is 0 Å². The fraction of sp³-hybridized carbons (Fsp3) is 1.00. The molecule has 0 heterocycles. The third-order valence-corrected chi connectivity index (χ3v) is 2.28. The Morgan fingerprint density at radius 3 is 2.07 bits per heavy atom. The second-order valence-electron chi connectivity index (χ2n) is 3.09. The van der Waals surface area contributed by atoms with E-state index in [1.54, 1.807) is 0 Å². The van der Waals surface area contributed by atoms with Gasteiger partial charge in [0, 0.05) is 0 Å². The minimum absolute atomic E-state index is 0. The van der Waals surface area contributed by atoms with E-state index >= 15 is 0 Å². The van der Waals surface area contributed by atoms with Gasteiger partial charge in [-0.2, -0.15) is 0 Å². The summed E-state index contributed by atoms with van der Waals surface area (Å²) in [5, 5.41) is 0. The fourth-order valence-corrected chi connectivity index (χ4v) is 1.43. The summed E-state index contributed by atoms with van der Waals surface area (Å²) >= 11 is 0. The molecule has 6 heteroatoms. The molecular weight excluding hydrogens is 198 g/mol. The monoisotopic (exact) mass is 218 g/mol. The molecule has 0 aliphatic carbocycles. The van der Waals surface area contributed by atoms with E-state index in [-0.39, 0.29) is 25.5 Å². The predicted molar refractivity (Wildman–Crippen MR) is 58.5 cm³/mol. The van der Waals surface area contributed by atoms with Gasteiger partial charge in [-0.3, -0.25) is 4.52 Å². The van der Waals surface area contributed by atoms with E-state index in [2.05, 4.69) is 11.4 Å². The van der Waals surface area contributed by atoms with Gasteiger partial charge < -0.3 is 9.79 Å². The topological polar surface area (TPSA) is 66.8 Å². The van der Waals surface area contributed by atoms with Crippen molar-refractivity contribution in [2.75, 3.05) is 6.61 Å². The van der Waals surface area contributed by atoms with Crippen LogP contribution >= 0.6 is 7.82 Å². The molecule has 2 N–H and O–H groups in total. The van der Waals surface area contributed by atoms with E-state index in [1.165, 1.54) is 19.3 Å². The molecule has 4 nitrogen and oxygen atoms in total. The summed E-state index contributed by atoms with van der Waals surface area (Å²) in [7, 11) is -4.23. The molecule has 0 bridgehead atoms. The van der Waals surface area contributed by atoms with E-state index in [4.69, 9.17) is 9.79 Å². The molecule has 0 spiro atoms. The van der Waals surface area contributed by atoms with Crippen LogP contribution in [-0.2, 0) is 9.09 Å². The molecule has 0 aliphatic rings. The molecule has 0 aliphatic heterocycles. The first kappa shape index (κ1) is 17.1. The van der Waals surface area contributed by atoms with E-state index in [0.717, 1.165) is 19.3 Å². The maximum absolute atomic E-state index is 10.2. The van der Waals surface area contributed by atoms with Crippen molar-refractivity contribution in [2.45, 2.75) is 45.4 Å². The first-order valence-corrected chi connectivity index (χ1v) is 6.29. The van der Waals surface area contributed by atoms with Gasteiger partial charge in [0.15, 0.2) is 0 Å². The quantitative estimate of drug-likeness (QED) is 0.370. The summed E-state index contributed by atoms with van der Waals surface area (Å²) in [5.74, 6) is 0. The van der Waals surface area contributed by atoms with Crippen LogP contribution in [0.4, 0.5) is 0 Å². The summed E-state index contributed by atoms with van der Waals surface area (Å²) in [4.78, 5) is 16.7. The Hall–Kier alpha value is 0.707. The number of phosphoric acid groups is 1. The summed E-state index contributed by atoms with van der Waals surface area (Å²) in [5.41, 5.74) is 0. The summed E-state index contributed by atoms with van der Waals surface area (Å²) in [6, 6.07) is 0. The SMILES string of the molecule is CCCCCCCCOP(=O)(O)O.[LiH]. The van der Waals surface area contributed by atoms with E-state index in [1.807, 2.05) is 0 Å². The van der Waals surface area contributed by atoms with Crippen LogP contribution < -0.4 is 0 Å². The zero-order chi connectivity index (χ0) is 10.2. The Morgan fingerprint density at radius 2 is 1.57 bits per heavy atom. The fourth-order valence-electron chi connectivity index (χ4n) is 1.07. The molecule has 14 heavy (non-hydrogen) atoms. The van der Waals surface area contributed by atoms with Crippen LogP contribution in [0.3, 0.4) is 0 Å². The number of hydrogen-bond acceptors (Lipinski definition) is 2. The Kier molecular flexibility index (Phi) is 12.5. The number of phosphoric ester groups is 1. The zero-order valence-electron chi connectivity index (χ0n) is 8.11. The summed E-state index contributed by atoms with van der Waals surface area (Å²) in [6.45, 7) is 2.31. The van der Waals surface area contributed by atoms with Gasteiger partial charge in [0.05, 0.1) is 6.61 Å². The Balaban J connectivity index is 0. The van der Waals surface area contributed by atoms with E-state index in [9.17, 15) is 4.57 Å². The molecule has 0 saturated carbocycles. The van der Waals surface area contributed by atoms with Crippen LogP contribution in [-0.4, -0.2) is 35.3 Å². The Bertz CT molecular complexity index is 159. The molecule has 0 fully saturated rings. The van der Waals surface area contributed by atoms with Crippen molar-refractivity contribution < 1.29 is 18.9 Å². The van der Waals surface area contributed by atoms with E-state index < -0.39 is 7.82 Å². The minimum atomic E-state index is -4.23. The van der Waals surface area contributed by atoms with Crippen molar-refractivity contribution in [2.24, 2.45) is 0 Å². The number of unbranched alkanes of at least 4 members (excludes halogenated alkanes) is 5. The zero-order valence-corrected chi connectivity index (χ0v) is 9.00. The number of hydrogen-bond donors (Lipinski definition) is 2. The molecule has 0 atom stereocenters. The predicted octanol–water partition coefficient (Wildman–Crippen LogP) is 1.81. The molecule has 0 saturated heterocycles. The normalized spacial score (nSPS) is 11.1. The van der Waals surface area contributed by atoms with Crippen molar-refractivity contribution in [3.05, 3.63) is 0 Å². The van der Waals surface area contributed by atoms with Gasteiger partial charge in [0.25, 0.3) is 0 Å². The maximum atomic E-state index is 10.2. The van der Waals surface area contributed by atoms with E-state index in [0.29, 0.717) is 0 Å². The third kappa shape index (κ3) is 15.2. The molecular formula is C8H20LiO4P. The van der Waals surface area contributed by atoms with Gasteiger partial charge >= 0.3 is 26.7 Å². The van der Waals surface area contributed by atoms with Gasteiger partial charge in [-0.15, -0.1) is 0 Å². The standard InChI is InChI=1S/C8H19O4P.Li.H/c1-2-3-4-5-6-7-8-12-13(9,10)11;;/h2-8H2,1H3,(H2,9,10,11);;. The van der Waals surface area contributed by atoms with Crippen molar-refractivity contribution in [1.82, 2.24) is 0 Å². The number of rotatable bonds is 8. The molecule has 0 aromatic carbocycles. The van der Waals surface area contributed by atoms with Crippen LogP contribution in [0.1, 0.15) is 45.4 Å². The summed E-state index contributed by atoms with van der Waals surface area (Å²) < 4.78 is 14.5. The third-order valence-electron chi connectivity index (χ3n) is 1.76. The molecule has 0 aromatic heterocycles. The second-order valence-corrected chi connectivity index (χ2v) is 4.33. The van der Waals surface area contributed by atoms with Gasteiger partial charge in [-0.1, -0.05) is 39.0 Å². The van der Waals surface area contributed by atoms with Crippen molar-refractivity contribution in [1.29, 1.82) is 0 Å². The van der Waals surface area contributed by atoms with Gasteiger partial charge in [-0.25, -0.2) is 4.57 Å². The van der Waals surface area contributed by atoms with Crippen molar-refractivity contribution in [3.63, 3.8) is 0 Å². The molecule has 0 amide bonds. The average Bonchev–Trinajstić information content (AvgIpc) is 2.01. The molecule has 82 valence electrons. The van der Waals surface area contributed by atoms with Gasteiger partial charge in [0.1, 0.15) is 0 Å². The average molecular weight is 218 g/mol. The Morgan fingerprint density at radius 1 is 1.07 bits per heavy atom. The van der Waals surface area contributed by atoms with Gasteiger partial charge in [-0.05, 0) is 6.42 Å². The van der Waals surface area contributed by atoms with Crippen LogP contribution in [0.25, 0.3) is 0 Å². The van der Waals surface area contributed by atoms with Gasteiger partial charge in [0.2, 0.25) is 0 Å². The van der Waals surface area contributed by atoms with Crippen LogP contribution in [0.15, 0.2) is 0 Å². The summed E-state index contributed by atoms with van der Waals surface area (Å²) in [6.07, 6.45) is 6.48. The molecule has 0 unspecified atom stereocenters. The molecule has 0 radical (unpaired) electrons. The first-order chi connectivity index (χ1) is 6.06. The first-order valence-electron chi connectivity index (χ1n) is 4.76. The van der Waals surface area contributed by atoms with Crippen LogP contribution in [0.2, 0.25) is 0 Å².